The van der Waals surface area contributed by atoms with Crippen molar-refractivity contribution in [2.24, 2.45) is 0 Å². The molecule has 0 spiro atoms. The first kappa shape index (κ1) is 20.4. The van der Waals surface area contributed by atoms with E-state index in [9.17, 15) is 4.79 Å². The number of nitrogens with zero attached hydrogens (tertiary/aromatic N) is 3. The lowest BCUT2D eigenvalue weighted by Gasteiger charge is -2.35. The van der Waals surface area contributed by atoms with Gasteiger partial charge in [-0.25, -0.2) is 4.98 Å². The molecule has 0 radical (unpaired) electrons. The van der Waals surface area contributed by atoms with Crippen molar-refractivity contribution in [1.82, 2.24) is 14.8 Å². The van der Waals surface area contributed by atoms with Gasteiger partial charge in [0.2, 0.25) is 0 Å². The molecule has 0 saturated carbocycles. The van der Waals surface area contributed by atoms with Crippen LogP contribution in [0.5, 0.6) is 0 Å². The molecule has 0 N–H and O–H groups in total. The summed E-state index contributed by atoms with van der Waals surface area (Å²) >= 11 is 0. The van der Waals surface area contributed by atoms with Gasteiger partial charge in [0.15, 0.2) is 0 Å². The zero-order chi connectivity index (χ0) is 21.9. The highest BCUT2D eigenvalue weighted by Gasteiger charge is 2.26. The Labute approximate surface area is 189 Å². The molecule has 2 heterocycles. The molecule has 0 atom stereocenters. The number of fused-ring (bicyclic) bond motifs is 1. The Morgan fingerprint density at radius 1 is 0.812 bits per heavy atom. The number of hydrogen-bond donors (Lipinski definition) is 0. The summed E-state index contributed by atoms with van der Waals surface area (Å²) in [4.78, 5) is 23.1. The second kappa shape index (κ2) is 8.93. The first-order valence-electron chi connectivity index (χ1n) is 11.2. The van der Waals surface area contributed by atoms with E-state index in [-0.39, 0.29) is 5.91 Å². The summed E-state index contributed by atoms with van der Waals surface area (Å²) in [5.74, 6) is 0.109. The van der Waals surface area contributed by atoms with E-state index >= 15 is 0 Å². The number of pyridine rings is 1. The van der Waals surface area contributed by atoms with E-state index in [1.165, 1.54) is 5.56 Å². The number of carbonyl (C=O) groups excluding carboxylic acids is 1. The van der Waals surface area contributed by atoms with Gasteiger partial charge >= 0.3 is 0 Å². The third-order valence-electron chi connectivity index (χ3n) is 6.31. The minimum absolute atomic E-state index is 0.109. The smallest absolute Gasteiger partial charge is 0.254 e. The number of rotatable bonds is 4. The first-order valence-corrected chi connectivity index (χ1v) is 11.2. The number of para-hydroxylation sites is 1. The normalized spacial score (nSPS) is 14.6. The van der Waals surface area contributed by atoms with E-state index in [0.717, 1.165) is 66.0 Å². The molecule has 4 aromatic rings. The molecule has 0 unspecified atom stereocenters. The molecule has 1 aromatic heterocycles. The van der Waals surface area contributed by atoms with Crippen LogP contribution in [0.25, 0.3) is 22.2 Å². The minimum atomic E-state index is 0.109. The Morgan fingerprint density at radius 2 is 1.44 bits per heavy atom. The number of carbonyl (C=O) groups is 1. The van der Waals surface area contributed by atoms with Crippen molar-refractivity contribution in [3.63, 3.8) is 0 Å². The second-order valence-corrected chi connectivity index (χ2v) is 8.40. The zero-order valence-corrected chi connectivity index (χ0v) is 18.4. The van der Waals surface area contributed by atoms with E-state index in [1.807, 2.05) is 60.4 Å². The van der Waals surface area contributed by atoms with E-state index < -0.39 is 0 Å². The third kappa shape index (κ3) is 4.02. The molecule has 1 amide bonds. The number of aromatic nitrogens is 1. The maximum absolute atomic E-state index is 13.8. The van der Waals surface area contributed by atoms with Gasteiger partial charge in [-0.05, 0) is 24.1 Å². The summed E-state index contributed by atoms with van der Waals surface area (Å²) in [6, 6.07) is 28.7. The van der Waals surface area contributed by atoms with Crippen LogP contribution in [0, 0.1) is 6.92 Å². The topological polar surface area (TPSA) is 36.4 Å². The zero-order valence-electron chi connectivity index (χ0n) is 18.4. The molecule has 0 bridgehead atoms. The van der Waals surface area contributed by atoms with Gasteiger partial charge in [-0.2, -0.15) is 0 Å². The molecule has 32 heavy (non-hydrogen) atoms. The van der Waals surface area contributed by atoms with Crippen LogP contribution in [0.4, 0.5) is 0 Å². The lowest BCUT2D eigenvalue weighted by Crippen LogP contribution is -2.48. The molecule has 160 valence electrons. The molecule has 0 aliphatic carbocycles. The fourth-order valence-electron chi connectivity index (χ4n) is 4.57. The Hall–Kier alpha value is -3.50. The number of hydrogen-bond acceptors (Lipinski definition) is 3. The summed E-state index contributed by atoms with van der Waals surface area (Å²) in [6.07, 6.45) is 0. The highest BCUT2D eigenvalue weighted by molar-refractivity contribution is 6.08. The van der Waals surface area contributed by atoms with Crippen LogP contribution in [-0.2, 0) is 6.54 Å². The predicted octanol–water partition coefficient (Wildman–Crippen LogP) is 5.17. The van der Waals surface area contributed by atoms with Crippen molar-refractivity contribution < 1.29 is 4.79 Å². The fraction of sp³-hybridized carbons (Fsp3) is 0.214. The quantitative estimate of drug-likeness (QED) is 0.456. The largest absolute Gasteiger partial charge is 0.336 e. The molecular formula is C28H27N3O. The van der Waals surface area contributed by atoms with Crippen molar-refractivity contribution in [3.8, 4) is 11.3 Å². The third-order valence-corrected chi connectivity index (χ3v) is 6.31. The van der Waals surface area contributed by atoms with Gasteiger partial charge in [-0.1, -0.05) is 78.9 Å². The van der Waals surface area contributed by atoms with Crippen molar-refractivity contribution in [3.05, 3.63) is 102 Å². The number of benzene rings is 3. The maximum Gasteiger partial charge on any atom is 0.254 e. The fourth-order valence-corrected chi connectivity index (χ4v) is 4.57. The molecule has 1 fully saturated rings. The summed E-state index contributed by atoms with van der Waals surface area (Å²) in [7, 11) is 0. The van der Waals surface area contributed by atoms with Crippen molar-refractivity contribution in [2.75, 3.05) is 26.2 Å². The van der Waals surface area contributed by atoms with Gasteiger partial charge in [0.1, 0.15) is 0 Å². The molecule has 1 aliphatic rings. The molecule has 1 aliphatic heterocycles. The Morgan fingerprint density at radius 3 is 2.16 bits per heavy atom. The Bertz CT molecular complexity index is 1230. The second-order valence-electron chi connectivity index (χ2n) is 8.40. The molecular weight excluding hydrogens is 394 g/mol. The SMILES string of the molecule is Cc1c(-c2ccccc2)nc2ccccc2c1C(=O)N1CCN(Cc2ccccc2)CC1. The van der Waals surface area contributed by atoms with Crippen molar-refractivity contribution >= 4 is 16.8 Å². The van der Waals surface area contributed by atoms with Crippen LogP contribution in [0.2, 0.25) is 0 Å². The molecule has 4 heteroatoms. The average Bonchev–Trinajstić information content (AvgIpc) is 2.85. The van der Waals surface area contributed by atoms with Crippen LogP contribution in [0.15, 0.2) is 84.9 Å². The molecule has 5 rings (SSSR count). The van der Waals surface area contributed by atoms with Crippen LogP contribution in [0.1, 0.15) is 21.5 Å². The monoisotopic (exact) mass is 421 g/mol. The van der Waals surface area contributed by atoms with Crippen molar-refractivity contribution in [2.45, 2.75) is 13.5 Å². The summed E-state index contributed by atoms with van der Waals surface area (Å²) < 4.78 is 0. The van der Waals surface area contributed by atoms with Crippen LogP contribution < -0.4 is 0 Å². The van der Waals surface area contributed by atoms with E-state index in [4.69, 9.17) is 4.98 Å². The maximum atomic E-state index is 13.8. The van der Waals surface area contributed by atoms with Crippen LogP contribution >= 0.6 is 0 Å². The van der Waals surface area contributed by atoms with Crippen LogP contribution in [0.3, 0.4) is 0 Å². The van der Waals surface area contributed by atoms with Crippen molar-refractivity contribution in [1.29, 1.82) is 0 Å². The average molecular weight is 422 g/mol. The molecule has 1 saturated heterocycles. The van der Waals surface area contributed by atoms with E-state index in [2.05, 4.69) is 41.3 Å². The first-order chi connectivity index (χ1) is 15.7. The van der Waals surface area contributed by atoms with Gasteiger partial charge in [0.05, 0.1) is 16.8 Å². The molecule has 3 aromatic carbocycles. The Kier molecular flexibility index (Phi) is 5.70. The van der Waals surface area contributed by atoms with Gasteiger partial charge in [0, 0.05) is 43.7 Å². The van der Waals surface area contributed by atoms with Gasteiger partial charge in [-0.15, -0.1) is 0 Å². The van der Waals surface area contributed by atoms with Crippen LogP contribution in [-0.4, -0.2) is 46.9 Å². The predicted molar refractivity (Wildman–Crippen MR) is 130 cm³/mol. The summed E-state index contributed by atoms with van der Waals surface area (Å²) in [6.45, 7) is 6.20. The standard InChI is InChI=1S/C28H27N3O/c1-21-26(24-14-8-9-15-25(24)29-27(21)23-12-6-3-7-13-23)28(32)31-18-16-30(17-19-31)20-22-10-4-2-5-11-22/h2-15H,16-20H2,1H3. The number of amides is 1. The van der Waals surface area contributed by atoms with Gasteiger partial charge in [-0.3, -0.25) is 9.69 Å². The minimum Gasteiger partial charge on any atom is -0.336 e. The van der Waals surface area contributed by atoms with E-state index in [0.29, 0.717) is 0 Å². The van der Waals surface area contributed by atoms with Gasteiger partial charge < -0.3 is 4.90 Å². The summed E-state index contributed by atoms with van der Waals surface area (Å²) in [5.41, 5.74) is 5.84. The molecule has 4 nitrogen and oxygen atoms in total. The lowest BCUT2D eigenvalue weighted by atomic mass is 9.96. The lowest BCUT2D eigenvalue weighted by molar-refractivity contribution is 0.0629. The Balaban J connectivity index is 1.43. The van der Waals surface area contributed by atoms with Gasteiger partial charge in [0.25, 0.3) is 5.91 Å². The number of piperazine rings is 1. The summed E-state index contributed by atoms with van der Waals surface area (Å²) in [5, 5.41) is 0.932. The highest BCUT2D eigenvalue weighted by atomic mass is 16.2. The van der Waals surface area contributed by atoms with E-state index in [1.54, 1.807) is 0 Å². The highest BCUT2D eigenvalue weighted by Crippen LogP contribution is 2.30.